The quantitative estimate of drug-likeness (QED) is 0.0235. The van der Waals surface area contributed by atoms with E-state index in [9.17, 15) is 36.1 Å². The molecular weight excluding hydrogens is 849 g/mol. The largest absolute Gasteiger partial charge is 0.491 e. The Balaban J connectivity index is 0.000000234. The number of oxime groups is 1. The number of alkyl halides is 1. The number of nitrogens with zero attached hydrogens (tertiary/aromatic N) is 3. The fourth-order valence-electron chi connectivity index (χ4n) is 6.29. The molecule has 18 nitrogen and oxygen atoms in total. The van der Waals surface area contributed by atoms with Crippen LogP contribution in [0.5, 0.6) is 0 Å². The average molecular weight is 898 g/mol. The molecule has 0 unspecified atom stereocenters. The van der Waals surface area contributed by atoms with E-state index in [4.69, 9.17) is 42.7 Å². The van der Waals surface area contributed by atoms with E-state index in [-0.39, 0.29) is 45.7 Å². The summed E-state index contributed by atoms with van der Waals surface area (Å²) in [6, 6.07) is 19.0. The fourth-order valence-corrected chi connectivity index (χ4v) is 9.45. The number of nitrogens with two attached hydrogens (primary N) is 3. The molecule has 0 fully saturated rings. The summed E-state index contributed by atoms with van der Waals surface area (Å²) in [5.74, 6) is -0.499. The van der Waals surface area contributed by atoms with Crippen molar-refractivity contribution in [2.24, 2.45) is 10.9 Å². The second-order valence-electron chi connectivity index (χ2n) is 13.8. The number of halogens is 1. The number of hydrogen-bond donors (Lipinski definition) is 7. The number of sulfone groups is 2. The van der Waals surface area contributed by atoms with Gasteiger partial charge in [-0.05, 0) is 80.7 Å². The molecule has 0 radical (unpaired) electrons. The average Bonchev–Trinajstić information content (AvgIpc) is 3.95. The maximum absolute atomic E-state index is 13.2. The van der Waals surface area contributed by atoms with E-state index in [1.54, 1.807) is 48.5 Å². The monoisotopic (exact) mass is 897 g/mol. The summed E-state index contributed by atoms with van der Waals surface area (Å²) in [6.45, 7) is 4.32. The van der Waals surface area contributed by atoms with E-state index in [2.05, 4.69) is 15.3 Å². The van der Waals surface area contributed by atoms with Gasteiger partial charge in [0.2, 0.25) is 5.89 Å². The van der Waals surface area contributed by atoms with Crippen molar-refractivity contribution in [2.45, 2.75) is 74.0 Å². The first-order valence-electron chi connectivity index (χ1n) is 19.4. The van der Waals surface area contributed by atoms with Gasteiger partial charge >= 0.3 is 20.2 Å². The van der Waals surface area contributed by atoms with Crippen LogP contribution in [0.4, 0.5) is 15.8 Å². The van der Waals surface area contributed by atoms with Gasteiger partial charge in [-0.3, -0.25) is 9.18 Å². The van der Waals surface area contributed by atoms with E-state index in [0.29, 0.717) is 70.2 Å². The summed E-state index contributed by atoms with van der Waals surface area (Å²) < 4.78 is 82.8. The highest BCUT2D eigenvalue weighted by molar-refractivity contribution is 7.91. The third kappa shape index (κ3) is 12.8. The van der Waals surface area contributed by atoms with Crippen LogP contribution >= 0.6 is 0 Å². The Kier molecular flexibility index (Phi) is 16.6. The molecule has 2 aliphatic rings. The van der Waals surface area contributed by atoms with Gasteiger partial charge < -0.3 is 51.4 Å². The van der Waals surface area contributed by atoms with Gasteiger partial charge in [0.1, 0.15) is 5.84 Å². The summed E-state index contributed by atoms with van der Waals surface area (Å²) in [4.78, 5) is 15.4. The van der Waals surface area contributed by atoms with Crippen LogP contribution in [0.2, 0.25) is 0 Å². The molecule has 0 spiro atoms. The molecule has 4 aromatic carbocycles. The van der Waals surface area contributed by atoms with Crippen molar-refractivity contribution >= 4 is 68.0 Å². The van der Waals surface area contributed by atoms with Crippen molar-refractivity contribution in [1.29, 1.82) is 0 Å². The Morgan fingerprint density at radius 2 is 1.32 bits per heavy atom. The number of carbonyl (C=O) groups is 1. The van der Waals surface area contributed by atoms with E-state index in [1.807, 2.05) is 13.8 Å². The summed E-state index contributed by atoms with van der Waals surface area (Å²) in [6.07, 6.45) is 0.968. The molecule has 0 amide bonds. The number of amidine groups is 1. The number of aryl methyl sites for hydroxylation is 1. The van der Waals surface area contributed by atoms with Crippen LogP contribution in [-0.2, 0) is 77.8 Å². The van der Waals surface area contributed by atoms with Crippen molar-refractivity contribution in [3.63, 3.8) is 0 Å². The summed E-state index contributed by atoms with van der Waals surface area (Å²) >= 11 is 0. The van der Waals surface area contributed by atoms with E-state index < -0.39 is 53.5 Å². The standard InChI is InChI=1S/C19H20BN3O5S.C16H16BNO6S.C3H8N2O.CH3F/c1-2-18-22-19(28-23-18)9-14-8-15(21)5-6-17(14)29(25,26)11-12-3-4-13-10-27-20(24)16(13)7-12;18-13-3-4-15(12(6-13)7-16(19)20)25(22,23)9-10-1-2-11-8-24-17(21)14(11)5-10;1-2-3(4)5-6;1-2/h3-8,24H,2,9-11,21H2,1H3;1-6,21H,7-9,18H2,(H,19,20);6H,2H2,1H3,(H2,4,5);1H3/i;;;1D. The van der Waals surface area contributed by atoms with Crippen LogP contribution in [0.15, 0.2) is 92.3 Å². The first-order chi connectivity index (χ1) is 29.8. The molecule has 330 valence electrons. The van der Waals surface area contributed by atoms with Crippen LogP contribution in [0.1, 0.15) is 66.7 Å². The van der Waals surface area contributed by atoms with Crippen LogP contribution in [-0.4, -0.2) is 80.5 Å². The Labute approximate surface area is 360 Å². The van der Waals surface area contributed by atoms with Gasteiger partial charge in [-0.25, -0.2) is 16.8 Å². The van der Waals surface area contributed by atoms with Gasteiger partial charge in [0.25, 0.3) is 0 Å². The first kappa shape index (κ1) is 47.2. The number of carboxylic acid groups (broad SMARTS) is 1. The molecule has 23 heteroatoms. The Bertz CT molecular complexity index is 2640. The van der Waals surface area contributed by atoms with Crippen LogP contribution < -0.4 is 28.1 Å². The zero-order valence-corrected chi connectivity index (χ0v) is 35.4. The number of benzene rings is 4. The Morgan fingerprint density at radius 1 is 0.839 bits per heavy atom. The lowest BCUT2D eigenvalue weighted by atomic mass is 9.79. The molecule has 0 saturated heterocycles. The molecule has 0 atom stereocenters. The number of aliphatic carboxylic acids is 1. The molecule has 0 saturated carbocycles. The molecule has 10 N–H and O–H groups in total. The molecule has 3 heterocycles. The van der Waals surface area contributed by atoms with Crippen molar-refractivity contribution in [3.05, 3.63) is 118 Å². The Morgan fingerprint density at radius 3 is 1.74 bits per heavy atom. The minimum absolute atomic E-state index is 0.0543. The highest BCUT2D eigenvalue weighted by Gasteiger charge is 2.30. The minimum atomic E-state index is -3.78. The molecular formula is C39H47B2FN6O12S2. The zero-order valence-electron chi connectivity index (χ0n) is 34.8. The van der Waals surface area contributed by atoms with Crippen LogP contribution in [0.3, 0.4) is 0 Å². The number of hydrogen-bond acceptors (Lipinski definition) is 16. The van der Waals surface area contributed by atoms with Crippen molar-refractivity contribution in [1.82, 2.24) is 10.1 Å². The lowest BCUT2D eigenvalue weighted by Gasteiger charge is -2.11. The van der Waals surface area contributed by atoms with Gasteiger partial charge in [0, 0.05) is 24.2 Å². The third-order valence-electron chi connectivity index (χ3n) is 9.30. The second-order valence-corrected chi connectivity index (χ2v) is 17.7. The number of fused-ring (bicyclic) bond motifs is 2. The lowest BCUT2D eigenvalue weighted by Crippen LogP contribution is -2.28. The van der Waals surface area contributed by atoms with Crippen LogP contribution in [0, 0.1) is 0 Å². The van der Waals surface area contributed by atoms with E-state index in [1.165, 1.54) is 24.3 Å². The van der Waals surface area contributed by atoms with Crippen LogP contribution in [0.25, 0.3) is 0 Å². The minimum Gasteiger partial charge on any atom is -0.481 e. The maximum Gasteiger partial charge on any atom is 0.491 e. The SMILES string of the molecule is CC/C(N)=N\O.CCc1noc(Cc2cc(N)ccc2S(=O)(=O)Cc2ccc3c(c2)B(O)OC3)n1.Nc1ccc(S(=O)(=O)Cc2ccc3c(c2)B(O)OC3)c(CC(=O)O)c1.[2H]CF. The summed E-state index contributed by atoms with van der Waals surface area (Å²) in [5.41, 5.74) is 21.8. The number of rotatable bonds is 12. The van der Waals surface area contributed by atoms with Gasteiger partial charge in [0.15, 0.2) is 25.5 Å². The molecule has 0 bridgehead atoms. The topological polar surface area (TPSA) is 314 Å². The van der Waals surface area contributed by atoms with Crippen molar-refractivity contribution in [2.75, 3.05) is 18.6 Å². The Hall–Kier alpha value is -5.84. The van der Waals surface area contributed by atoms with Crippen molar-refractivity contribution in [3.8, 4) is 0 Å². The number of carboxylic acids is 1. The highest BCUT2D eigenvalue weighted by atomic mass is 32.2. The van der Waals surface area contributed by atoms with Gasteiger partial charge in [-0.2, -0.15) is 4.98 Å². The van der Waals surface area contributed by atoms with Gasteiger partial charge in [-0.15, -0.1) is 0 Å². The highest BCUT2D eigenvalue weighted by Crippen LogP contribution is 2.27. The predicted octanol–water partition coefficient (Wildman–Crippen LogP) is 1.81. The predicted molar refractivity (Wildman–Crippen MR) is 230 cm³/mol. The van der Waals surface area contributed by atoms with E-state index >= 15 is 0 Å². The number of nitrogen functional groups attached to an aromatic ring is 2. The molecule has 62 heavy (non-hydrogen) atoms. The lowest BCUT2D eigenvalue weighted by molar-refractivity contribution is -0.136. The number of anilines is 2. The second kappa shape index (κ2) is 21.8. The summed E-state index contributed by atoms with van der Waals surface area (Å²) in [5, 5.41) is 43.0. The van der Waals surface area contributed by atoms with E-state index in [0.717, 1.165) is 11.1 Å². The number of aromatic nitrogens is 2. The first-order valence-corrected chi connectivity index (χ1v) is 22.0. The smallest absolute Gasteiger partial charge is 0.481 e. The molecule has 1 aromatic heterocycles. The summed E-state index contributed by atoms with van der Waals surface area (Å²) in [7, 11) is -10.5. The van der Waals surface area contributed by atoms with Gasteiger partial charge in [0.05, 0.1) is 55.9 Å². The molecule has 0 aliphatic carbocycles. The molecule has 7 rings (SSSR count). The van der Waals surface area contributed by atoms with Crippen molar-refractivity contribution < 1.29 is 61.6 Å². The normalized spacial score (nSPS) is 13.4. The third-order valence-corrected chi connectivity index (χ3v) is 12.9. The van der Waals surface area contributed by atoms with Gasteiger partial charge in [-0.1, -0.05) is 60.6 Å². The molecule has 2 aliphatic heterocycles. The maximum atomic E-state index is 13.2. The fraction of sp³-hybridized carbons (Fsp3) is 0.282. The molecule has 5 aromatic rings. The zero-order chi connectivity index (χ0) is 46.5.